The molecule has 2 aliphatic heterocycles. The minimum Gasteiger partial charge on any atom is -0.391 e. The summed E-state index contributed by atoms with van der Waals surface area (Å²) in [4.78, 5) is 29.9. The fourth-order valence-electron chi connectivity index (χ4n) is 4.38. The molecule has 31 heavy (non-hydrogen) atoms. The lowest BCUT2D eigenvalue weighted by atomic mass is 9.94. The number of aromatic nitrogens is 3. The number of carbonyl (C=O) groups excluding carboxylic acids is 1. The van der Waals surface area contributed by atoms with Crippen molar-refractivity contribution in [3.05, 3.63) is 60.0 Å². The minimum atomic E-state index is -0.565. The predicted octanol–water partition coefficient (Wildman–Crippen LogP) is 1.54. The molecular formula is C23H25N5O3. The van der Waals surface area contributed by atoms with Gasteiger partial charge in [-0.25, -0.2) is 9.97 Å². The van der Waals surface area contributed by atoms with Gasteiger partial charge in [-0.1, -0.05) is 18.2 Å². The number of benzene rings is 1. The molecule has 2 fully saturated rings. The highest BCUT2D eigenvalue weighted by atomic mass is 16.5. The summed E-state index contributed by atoms with van der Waals surface area (Å²) >= 11 is 0. The lowest BCUT2D eigenvalue weighted by molar-refractivity contribution is 0.0763. The number of morpholine rings is 1. The normalized spacial score (nSPS) is 21.6. The summed E-state index contributed by atoms with van der Waals surface area (Å²) in [6, 6.07) is 10.00. The molecule has 0 saturated carbocycles. The molecule has 0 bridgehead atoms. The lowest BCUT2D eigenvalue weighted by Gasteiger charge is -2.26. The van der Waals surface area contributed by atoms with Crippen LogP contribution in [0.5, 0.6) is 0 Å². The summed E-state index contributed by atoms with van der Waals surface area (Å²) in [5, 5.41) is 11.7. The van der Waals surface area contributed by atoms with Crippen LogP contribution in [0.2, 0.25) is 0 Å². The summed E-state index contributed by atoms with van der Waals surface area (Å²) in [6.07, 6.45) is 5.09. The Morgan fingerprint density at radius 2 is 1.84 bits per heavy atom. The van der Waals surface area contributed by atoms with Gasteiger partial charge in [-0.3, -0.25) is 9.78 Å². The maximum absolute atomic E-state index is 13.0. The Balaban J connectivity index is 1.27. The van der Waals surface area contributed by atoms with Gasteiger partial charge in [-0.15, -0.1) is 0 Å². The Morgan fingerprint density at radius 1 is 1.06 bits per heavy atom. The number of fused-ring (bicyclic) bond motifs is 1. The number of β-amino-alcohol motifs (C(OH)–C–C–N with tert-alkyl or cyclic N) is 1. The van der Waals surface area contributed by atoms with Crippen molar-refractivity contribution in [3.8, 4) is 0 Å². The number of rotatable bonds is 4. The monoisotopic (exact) mass is 419 g/mol. The van der Waals surface area contributed by atoms with Crippen LogP contribution in [0.15, 0.2) is 48.9 Å². The van der Waals surface area contributed by atoms with Crippen LogP contribution in [0.4, 0.5) is 5.95 Å². The molecule has 3 aromatic rings. The highest BCUT2D eigenvalue weighted by molar-refractivity contribution is 5.94. The molecule has 160 valence electrons. The number of aliphatic hydroxyl groups is 1. The number of ether oxygens (including phenoxy) is 1. The van der Waals surface area contributed by atoms with Crippen molar-refractivity contribution >= 4 is 22.8 Å². The van der Waals surface area contributed by atoms with E-state index in [1.165, 1.54) is 0 Å². The van der Waals surface area contributed by atoms with Crippen molar-refractivity contribution in [2.24, 2.45) is 5.92 Å². The van der Waals surface area contributed by atoms with E-state index < -0.39 is 6.10 Å². The van der Waals surface area contributed by atoms with E-state index in [1.54, 1.807) is 23.5 Å². The minimum absolute atomic E-state index is 0.0247. The van der Waals surface area contributed by atoms with Crippen molar-refractivity contribution in [1.82, 2.24) is 19.9 Å². The van der Waals surface area contributed by atoms with Crippen LogP contribution in [0.1, 0.15) is 15.9 Å². The first kappa shape index (κ1) is 19.8. The van der Waals surface area contributed by atoms with Crippen LogP contribution in [-0.2, 0) is 11.2 Å². The summed E-state index contributed by atoms with van der Waals surface area (Å²) in [5.41, 5.74) is 2.53. The maximum atomic E-state index is 13.0. The second-order valence-electron chi connectivity index (χ2n) is 8.10. The molecule has 4 heterocycles. The van der Waals surface area contributed by atoms with Gasteiger partial charge in [0.25, 0.3) is 5.91 Å². The van der Waals surface area contributed by atoms with Gasteiger partial charge in [0, 0.05) is 56.1 Å². The average Bonchev–Trinajstić information content (AvgIpc) is 3.19. The van der Waals surface area contributed by atoms with Gasteiger partial charge in [0.15, 0.2) is 0 Å². The first-order valence-corrected chi connectivity index (χ1v) is 10.6. The van der Waals surface area contributed by atoms with E-state index in [1.807, 2.05) is 29.2 Å². The number of para-hydroxylation sites is 1. The summed E-state index contributed by atoms with van der Waals surface area (Å²) < 4.78 is 5.35. The molecule has 0 radical (unpaired) electrons. The van der Waals surface area contributed by atoms with Crippen LogP contribution < -0.4 is 4.90 Å². The Morgan fingerprint density at radius 3 is 2.65 bits per heavy atom. The van der Waals surface area contributed by atoms with Crippen molar-refractivity contribution in [2.75, 3.05) is 44.3 Å². The Labute approximate surface area is 180 Å². The van der Waals surface area contributed by atoms with Crippen molar-refractivity contribution in [2.45, 2.75) is 12.5 Å². The number of hydrogen-bond donors (Lipinski definition) is 1. The van der Waals surface area contributed by atoms with Gasteiger partial charge in [-0.05, 0) is 24.1 Å². The summed E-state index contributed by atoms with van der Waals surface area (Å²) in [7, 11) is 0. The van der Waals surface area contributed by atoms with Gasteiger partial charge in [-0.2, -0.15) is 0 Å². The lowest BCUT2D eigenvalue weighted by Crippen LogP contribution is -2.37. The van der Waals surface area contributed by atoms with E-state index in [0.717, 1.165) is 29.6 Å². The molecule has 0 aliphatic carbocycles. The van der Waals surface area contributed by atoms with E-state index >= 15 is 0 Å². The van der Waals surface area contributed by atoms with E-state index in [-0.39, 0.29) is 11.8 Å². The Hall–Kier alpha value is -3.10. The molecule has 0 spiro atoms. The van der Waals surface area contributed by atoms with Gasteiger partial charge in [0.2, 0.25) is 5.95 Å². The Kier molecular flexibility index (Phi) is 5.48. The fourth-order valence-corrected chi connectivity index (χ4v) is 4.38. The summed E-state index contributed by atoms with van der Waals surface area (Å²) in [5.74, 6) is 0.446. The molecule has 2 atom stereocenters. The molecule has 8 nitrogen and oxygen atoms in total. The molecule has 1 amide bonds. The third-order valence-electron chi connectivity index (χ3n) is 6.09. The third-order valence-corrected chi connectivity index (χ3v) is 6.09. The zero-order valence-electron chi connectivity index (χ0n) is 17.2. The van der Waals surface area contributed by atoms with Crippen molar-refractivity contribution in [1.29, 1.82) is 0 Å². The number of carbonyl (C=O) groups is 1. The van der Waals surface area contributed by atoms with Gasteiger partial charge in [0.05, 0.1) is 30.4 Å². The molecule has 8 heteroatoms. The molecule has 1 aromatic carbocycles. The van der Waals surface area contributed by atoms with Crippen LogP contribution in [0.3, 0.4) is 0 Å². The van der Waals surface area contributed by atoms with Gasteiger partial charge >= 0.3 is 0 Å². The number of anilines is 1. The number of aliphatic hydroxyl groups excluding tert-OH is 1. The second-order valence-corrected chi connectivity index (χ2v) is 8.10. The van der Waals surface area contributed by atoms with Crippen molar-refractivity contribution < 1.29 is 14.6 Å². The SMILES string of the molecule is O=C(c1cnc(N2CCOCC2)nc1)N1C[C@@H](Cc2ccnc3ccccc23)[C@H](O)C1. The predicted molar refractivity (Wildman–Crippen MR) is 116 cm³/mol. The van der Waals surface area contributed by atoms with Crippen molar-refractivity contribution in [3.63, 3.8) is 0 Å². The topological polar surface area (TPSA) is 91.7 Å². The average molecular weight is 419 g/mol. The van der Waals surface area contributed by atoms with E-state index in [4.69, 9.17) is 4.74 Å². The highest BCUT2D eigenvalue weighted by Crippen LogP contribution is 2.26. The first-order chi connectivity index (χ1) is 15.2. The largest absolute Gasteiger partial charge is 0.391 e. The molecule has 5 rings (SSSR count). The van der Waals surface area contributed by atoms with Gasteiger partial charge in [0.1, 0.15) is 0 Å². The van der Waals surface area contributed by atoms with Crippen LogP contribution in [0, 0.1) is 5.92 Å². The number of likely N-dealkylation sites (tertiary alicyclic amines) is 1. The van der Waals surface area contributed by atoms with Crippen LogP contribution in [0.25, 0.3) is 10.9 Å². The zero-order chi connectivity index (χ0) is 21.2. The van der Waals surface area contributed by atoms with Gasteiger partial charge < -0.3 is 19.6 Å². The Bertz CT molecular complexity index is 1060. The number of nitrogens with zero attached hydrogens (tertiary/aromatic N) is 5. The molecule has 2 aliphatic rings. The number of amides is 1. The summed E-state index contributed by atoms with van der Waals surface area (Å²) in [6.45, 7) is 3.63. The molecule has 0 unspecified atom stereocenters. The maximum Gasteiger partial charge on any atom is 0.257 e. The van der Waals surface area contributed by atoms with Crippen LogP contribution >= 0.6 is 0 Å². The highest BCUT2D eigenvalue weighted by Gasteiger charge is 2.35. The second kappa shape index (κ2) is 8.56. The quantitative estimate of drug-likeness (QED) is 0.686. The van der Waals surface area contributed by atoms with E-state index in [9.17, 15) is 9.90 Å². The van der Waals surface area contributed by atoms with E-state index in [0.29, 0.717) is 44.2 Å². The van der Waals surface area contributed by atoms with E-state index in [2.05, 4.69) is 21.0 Å². The first-order valence-electron chi connectivity index (χ1n) is 10.6. The molecular weight excluding hydrogens is 394 g/mol. The van der Waals surface area contributed by atoms with Crippen LogP contribution in [-0.4, -0.2) is 76.4 Å². The third kappa shape index (κ3) is 4.08. The zero-order valence-corrected chi connectivity index (χ0v) is 17.2. The molecule has 2 saturated heterocycles. The number of hydrogen-bond acceptors (Lipinski definition) is 7. The molecule has 1 N–H and O–H groups in total. The number of pyridine rings is 1. The standard InChI is InChI=1S/C23H25N5O3/c29-21-15-28(14-17(21)11-16-5-6-24-20-4-2-1-3-19(16)20)22(30)18-12-25-23(26-13-18)27-7-9-31-10-8-27/h1-6,12-13,17,21,29H,7-11,14-15H2/t17-,21-/m1/s1. The smallest absolute Gasteiger partial charge is 0.257 e. The fraction of sp³-hybridized carbons (Fsp3) is 0.391. The molecule has 2 aromatic heterocycles.